The Hall–Kier alpha value is -3.12. The molecule has 0 spiro atoms. The first-order valence-electron chi connectivity index (χ1n) is 9.71. The number of pyridine rings is 1. The third-order valence-electron chi connectivity index (χ3n) is 4.65. The largest absolute Gasteiger partial charge is 0.383 e. The molecule has 4 aromatic rings. The minimum atomic E-state index is -3.67. The molecule has 0 aliphatic carbocycles. The molecule has 0 saturated heterocycles. The van der Waals surface area contributed by atoms with Crippen molar-refractivity contribution in [2.45, 2.75) is 11.3 Å². The van der Waals surface area contributed by atoms with Crippen LogP contribution >= 0.6 is 11.3 Å². The van der Waals surface area contributed by atoms with Gasteiger partial charge in [-0.25, -0.2) is 23.1 Å². The third kappa shape index (κ3) is 5.02. The normalized spacial score (nSPS) is 11.7. The maximum absolute atomic E-state index is 12.5. The van der Waals surface area contributed by atoms with Crippen molar-refractivity contribution in [3.05, 3.63) is 59.7 Å². The fraction of sp³-hybridized carbons (Fsp3) is 0.190. The molecule has 0 bridgehead atoms. The number of hydrogen-bond acceptors (Lipinski definition) is 7. The number of ether oxygens (including phenoxy) is 1. The fourth-order valence-corrected chi connectivity index (χ4v) is 4.97. The van der Waals surface area contributed by atoms with Crippen molar-refractivity contribution in [3.63, 3.8) is 0 Å². The van der Waals surface area contributed by atoms with Gasteiger partial charge in [-0.2, -0.15) is 0 Å². The smallest absolute Gasteiger partial charge is 0.240 e. The number of fused-ring (bicyclic) bond motifs is 1. The van der Waals surface area contributed by atoms with Crippen LogP contribution in [0.4, 0.5) is 5.13 Å². The molecule has 11 heteroatoms. The highest BCUT2D eigenvalue weighted by Gasteiger charge is 2.16. The number of H-pyrrole nitrogens is 1. The Labute approximate surface area is 188 Å². The molecule has 166 valence electrons. The summed E-state index contributed by atoms with van der Waals surface area (Å²) >= 11 is 1.32. The number of anilines is 1. The molecule has 0 unspecified atom stereocenters. The van der Waals surface area contributed by atoms with Gasteiger partial charge in [-0.05, 0) is 29.8 Å². The van der Waals surface area contributed by atoms with E-state index in [2.05, 4.69) is 25.0 Å². The van der Waals surface area contributed by atoms with Crippen molar-refractivity contribution in [1.82, 2.24) is 19.7 Å². The monoisotopic (exact) mass is 471 g/mol. The van der Waals surface area contributed by atoms with Crippen molar-refractivity contribution < 1.29 is 17.9 Å². The van der Waals surface area contributed by atoms with Crippen LogP contribution in [0.3, 0.4) is 0 Å². The summed E-state index contributed by atoms with van der Waals surface area (Å²) in [4.78, 5) is 24.5. The van der Waals surface area contributed by atoms with Gasteiger partial charge in [0, 0.05) is 42.4 Å². The Morgan fingerprint density at radius 1 is 1.25 bits per heavy atom. The van der Waals surface area contributed by atoms with E-state index in [9.17, 15) is 13.2 Å². The van der Waals surface area contributed by atoms with Crippen molar-refractivity contribution >= 4 is 43.4 Å². The zero-order valence-electron chi connectivity index (χ0n) is 17.2. The lowest BCUT2D eigenvalue weighted by atomic mass is 10.1. The molecule has 9 nitrogen and oxygen atoms in total. The molecular formula is C21H21N5O4S2. The summed E-state index contributed by atoms with van der Waals surface area (Å²) in [6.45, 7) is 0.439. The predicted octanol–water partition coefficient (Wildman–Crippen LogP) is 2.79. The minimum absolute atomic E-state index is 0.0212. The number of sulfonamides is 1. The SMILES string of the molecule is COCCNS(=O)(=O)c1cccc(CC(=O)Nc2nc(-c3c[nH]c4ncccc34)cs2)c1. The van der Waals surface area contributed by atoms with Crippen molar-refractivity contribution in [2.24, 2.45) is 0 Å². The molecule has 3 aromatic heterocycles. The molecular weight excluding hydrogens is 450 g/mol. The van der Waals surface area contributed by atoms with Crippen LogP contribution in [0.25, 0.3) is 22.3 Å². The Bertz CT molecular complexity index is 1350. The summed E-state index contributed by atoms with van der Waals surface area (Å²) in [5, 5.41) is 6.06. The number of methoxy groups -OCH3 is 1. The number of benzene rings is 1. The maximum atomic E-state index is 12.5. The predicted molar refractivity (Wildman–Crippen MR) is 123 cm³/mol. The Balaban J connectivity index is 1.43. The van der Waals surface area contributed by atoms with Crippen molar-refractivity contribution in [1.29, 1.82) is 0 Å². The number of nitrogens with one attached hydrogen (secondary N) is 3. The van der Waals surface area contributed by atoms with Crippen LogP contribution in [0.15, 0.2) is 59.1 Å². The summed E-state index contributed by atoms with van der Waals surface area (Å²) in [6.07, 6.45) is 3.57. The van der Waals surface area contributed by atoms with E-state index in [0.717, 1.165) is 22.3 Å². The second-order valence-corrected chi connectivity index (χ2v) is 9.53. The highest BCUT2D eigenvalue weighted by molar-refractivity contribution is 7.89. The fourth-order valence-electron chi connectivity index (χ4n) is 3.16. The van der Waals surface area contributed by atoms with Crippen molar-refractivity contribution in [3.8, 4) is 11.3 Å². The van der Waals surface area contributed by atoms with Crippen LogP contribution in [-0.4, -0.2) is 49.5 Å². The second-order valence-electron chi connectivity index (χ2n) is 6.90. The van der Waals surface area contributed by atoms with Crippen LogP contribution in [0.1, 0.15) is 5.56 Å². The average Bonchev–Trinajstić information content (AvgIpc) is 3.40. The molecule has 0 radical (unpaired) electrons. The molecule has 32 heavy (non-hydrogen) atoms. The molecule has 0 aliphatic rings. The zero-order valence-corrected chi connectivity index (χ0v) is 18.8. The average molecular weight is 472 g/mol. The Morgan fingerprint density at radius 2 is 2.12 bits per heavy atom. The van der Waals surface area contributed by atoms with E-state index in [4.69, 9.17) is 4.74 Å². The highest BCUT2D eigenvalue weighted by atomic mass is 32.2. The summed E-state index contributed by atoms with van der Waals surface area (Å²) in [5.41, 5.74) is 2.99. The number of nitrogens with zero attached hydrogens (tertiary/aromatic N) is 2. The maximum Gasteiger partial charge on any atom is 0.240 e. The van der Waals surface area contributed by atoms with Gasteiger partial charge in [0.05, 0.1) is 23.6 Å². The summed E-state index contributed by atoms with van der Waals surface area (Å²) < 4.78 is 32.0. The molecule has 0 aliphatic heterocycles. The molecule has 1 amide bonds. The lowest BCUT2D eigenvalue weighted by molar-refractivity contribution is -0.115. The Kier molecular flexibility index (Phi) is 6.61. The number of rotatable bonds is 9. The van der Waals surface area contributed by atoms with Gasteiger partial charge < -0.3 is 15.0 Å². The van der Waals surface area contributed by atoms with E-state index in [1.807, 2.05) is 23.7 Å². The number of aromatic nitrogens is 3. The zero-order chi connectivity index (χ0) is 22.6. The second kappa shape index (κ2) is 9.57. The molecule has 3 heterocycles. The number of amides is 1. The van der Waals surface area contributed by atoms with Gasteiger partial charge in [0.2, 0.25) is 15.9 Å². The van der Waals surface area contributed by atoms with Crippen molar-refractivity contribution in [2.75, 3.05) is 25.6 Å². The number of carbonyl (C=O) groups excluding carboxylic acids is 1. The van der Waals surface area contributed by atoms with Gasteiger partial charge in [-0.1, -0.05) is 12.1 Å². The molecule has 3 N–H and O–H groups in total. The first kappa shape index (κ1) is 22.1. The number of aromatic amines is 1. The van der Waals surface area contributed by atoms with E-state index in [1.54, 1.807) is 18.3 Å². The minimum Gasteiger partial charge on any atom is -0.383 e. The summed E-state index contributed by atoms with van der Waals surface area (Å²) in [6, 6.07) is 10.1. The van der Waals surface area contributed by atoms with Crippen LogP contribution in [0.2, 0.25) is 0 Å². The lowest BCUT2D eigenvalue weighted by Crippen LogP contribution is -2.27. The standard InChI is InChI=1S/C21H21N5O4S2/c1-30-9-8-24-32(28,29)15-5-2-4-14(10-15)11-19(27)26-21-25-18(13-31-21)17-12-23-20-16(17)6-3-7-22-20/h2-7,10,12-13,24H,8-9,11H2,1H3,(H,22,23)(H,25,26,27). The van der Waals surface area contributed by atoms with E-state index >= 15 is 0 Å². The molecule has 1 aromatic carbocycles. The summed E-state index contributed by atoms with van der Waals surface area (Å²) in [7, 11) is -2.17. The first-order chi connectivity index (χ1) is 15.5. The quantitative estimate of drug-likeness (QED) is 0.322. The van der Waals surface area contributed by atoms with Gasteiger partial charge in [0.15, 0.2) is 5.13 Å². The van der Waals surface area contributed by atoms with Crippen LogP contribution in [0.5, 0.6) is 0 Å². The highest BCUT2D eigenvalue weighted by Crippen LogP contribution is 2.30. The molecule has 4 rings (SSSR count). The number of thiazole rings is 1. The van der Waals surface area contributed by atoms with Gasteiger partial charge in [-0.15, -0.1) is 11.3 Å². The topological polar surface area (TPSA) is 126 Å². The third-order valence-corrected chi connectivity index (χ3v) is 6.87. The van der Waals surface area contributed by atoms with Gasteiger partial charge in [0.1, 0.15) is 5.65 Å². The van der Waals surface area contributed by atoms with Gasteiger partial charge in [0.25, 0.3) is 0 Å². The van der Waals surface area contributed by atoms with E-state index < -0.39 is 10.0 Å². The van der Waals surface area contributed by atoms with E-state index in [0.29, 0.717) is 10.7 Å². The van der Waals surface area contributed by atoms with Gasteiger partial charge >= 0.3 is 0 Å². The number of hydrogen-bond donors (Lipinski definition) is 3. The van der Waals surface area contributed by atoms with Crippen LogP contribution < -0.4 is 10.0 Å². The van der Waals surface area contributed by atoms with E-state index in [1.165, 1.54) is 30.6 Å². The molecule has 0 fully saturated rings. The van der Waals surface area contributed by atoms with Gasteiger partial charge in [-0.3, -0.25) is 4.79 Å². The summed E-state index contributed by atoms with van der Waals surface area (Å²) in [5.74, 6) is -0.284. The van der Waals surface area contributed by atoms with Crippen LogP contribution in [0, 0.1) is 0 Å². The first-order valence-corrected chi connectivity index (χ1v) is 12.1. The Morgan fingerprint density at radius 3 is 2.97 bits per heavy atom. The van der Waals surface area contributed by atoms with Crippen LogP contribution in [-0.2, 0) is 26.0 Å². The lowest BCUT2D eigenvalue weighted by Gasteiger charge is -2.08. The molecule has 0 saturated carbocycles. The van der Waals surface area contributed by atoms with E-state index in [-0.39, 0.29) is 30.4 Å². The molecule has 0 atom stereocenters. The number of carbonyl (C=O) groups is 1.